The van der Waals surface area contributed by atoms with Crippen LogP contribution in [0.3, 0.4) is 0 Å². The Morgan fingerprint density at radius 1 is 1.20 bits per heavy atom. The largest absolute Gasteiger partial charge is 0.455 e. The Morgan fingerprint density at radius 2 is 2.00 bits per heavy atom. The van der Waals surface area contributed by atoms with Gasteiger partial charge in [0.05, 0.1) is 5.02 Å². The Balaban J connectivity index is 2.22. The van der Waals surface area contributed by atoms with Gasteiger partial charge in [-0.3, -0.25) is 4.98 Å². The third-order valence-electron chi connectivity index (χ3n) is 2.67. The van der Waals surface area contributed by atoms with Crippen LogP contribution in [0.1, 0.15) is 19.4 Å². The Kier molecular flexibility index (Phi) is 5.24. The molecule has 1 aromatic heterocycles. The lowest BCUT2D eigenvalue weighted by Crippen LogP contribution is -2.22. The molecular weight excluding hydrogens is 295 g/mol. The summed E-state index contributed by atoms with van der Waals surface area (Å²) in [7, 11) is 0. The van der Waals surface area contributed by atoms with Crippen molar-refractivity contribution in [1.29, 1.82) is 0 Å². The summed E-state index contributed by atoms with van der Waals surface area (Å²) in [5.74, 6) is 1.26. The smallest absolute Gasteiger partial charge is 0.147 e. The second kappa shape index (κ2) is 6.93. The first-order valence-corrected chi connectivity index (χ1v) is 7.11. The number of nitrogens with zero attached hydrogens (tertiary/aromatic N) is 1. The van der Waals surface area contributed by atoms with Gasteiger partial charge in [0.1, 0.15) is 11.5 Å². The fourth-order valence-corrected chi connectivity index (χ4v) is 1.95. The number of pyridine rings is 1. The Labute approximate surface area is 128 Å². The molecule has 0 aliphatic heterocycles. The summed E-state index contributed by atoms with van der Waals surface area (Å²) in [6.07, 6.45) is 3.47. The van der Waals surface area contributed by atoms with Gasteiger partial charge < -0.3 is 10.1 Å². The van der Waals surface area contributed by atoms with E-state index in [2.05, 4.69) is 24.1 Å². The van der Waals surface area contributed by atoms with Crippen LogP contribution in [0.5, 0.6) is 11.5 Å². The fraction of sp³-hybridized carbons (Fsp3) is 0.267. The normalized spacial score (nSPS) is 10.8. The minimum atomic E-state index is 0.387. The summed E-state index contributed by atoms with van der Waals surface area (Å²) in [5, 5.41) is 4.44. The van der Waals surface area contributed by atoms with E-state index in [1.54, 1.807) is 30.6 Å². The predicted octanol–water partition coefficient (Wildman–Crippen LogP) is 4.68. The maximum Gasteiger partial charge on any atom is 0.147 e. The van der Waals surface area contributed by atoms with Gasteiger partial charge in [0.2, 0.25) is 0 Å². The average Bonchev–Trinajstić information content (AvgIpc) is 2.42. The number of benzene rings is 1. The SMILES string of the molecule is CC(C)NCc1cnccc1Oc1cc(Cl)ccc1Cl. The van der Waals surface area contributed by atoms with Crippen molar-refractivity contribution in [3.05, 3.63) is 52.3 Å². The van der Waals surface area contributed by atoms with Crippen molar-refractivity contribution in [3.8, 4) is 11.5 Å². The summed E-state index contributed by atoms with van der Waals surface area (Å²) in [6.45, 7) is 4.86. The molecule has 5 heteroatoms. The van der Waals surface area contributed by atoms with E-state index in [-0.39, 0.29) is 0 Å². The average molecular weight is 311 g/mol. The van der Waals surface area contributed by atoms with Crippen LogP contribution in [0.25, 0.3) is 0 Å². The lowest BCUT2D eigenvalue weighted by Gasteiger charge is -2.13. The highest BCUT2D eigenvalue weighted by molar-refractivity contribution is 6.34. The van der Waals surface area contributed by atoms with Crippen LogP contribution in [0.4, 0.5) is 0 Å². The minimum absolute atomic E-state index is 0.387. The number of nitrogens with one attached hydrogen (secondary N) is 1. The van der Waals surface area contributed by atoms with Gasteiger partial charge in [0.15, 0.2) is 0 Å². The zero-order valence-corrected chi connectivity index (χ0v) is 12.9. The van der Waals surface area contributed by atoms with Gasteiger partial charge in [0.25, 0.3) is 0 Å². The van der Waals surface area contributed by atoms with E-state index < -0.39 is 0 Å². The molecule has 0 atom stereocenters. The zero-order valence-electron chi connectivity index (χ0n) is 11.4. The highest BCUT2D eigenvalue weighted by Crippen LogP contribution is 2.33. The molecule has 1 N–H and O–H groups in total. The van der Waals surface area contributed by atoms with Gasteiger partial charge >= 0.3 is 0 Å². The second-order valence-corrected chi connectivity index (χ2v) is 5.54. The first kappa shape index (κ1) is 15.1. The Hall–Kier alpha value is -1.29. The standard InChI is InChI=1S/C15H16Cl2N2O/c1-10(2)19-9-11-8-18-6-5-14(11)20-15-7-12(16)3-4-13(15)17/h3-8,10,19H,9H2,1-2H3. The molecule has 3 nitrogen and oxygen atoms in total. The molecule has 0 amide bonds. The summed E-state index contributed by atoms with van der Waals surface area (Å²) in [6, 6.07) is 7.34. The fourth-order valence-electron chi connectivity index (χ4n) is 1.63. The van der Waals surface area contributed by atoms with Crippen LogP contribution in [0, 0.1) is 0 Å². The van der Waals surface area contributed by atoms with E-state index in [0.29, 0.717) is 28.4 Å². The molecule has 0 unspecified atom stereocenters. The van der Waals surface area contributed by atoms with Gasteiger partial charge in [0, 0.05) is 41.6 Å². The maximum atomic E-state index is 6.11. The van der Waals surface area contributed by atoms with Crippen molar-refractivity contribution in [2.45, 2.75) is 26.4 Å². The highest BCUT2D eigenvalue weighted by atomic mass is 35.5. The van der Waals surface area contributed by atoms with Crippen molar-refractivity contribution in [2.24, 2.45) is 0 Å². The van der Waals surface area contributed by atoms with Crippen molar-refractivity contribution in [1.82, 2.24) is 10.3 Å². The summed E-state index contributed by atoms with van der Waals surface area (Å²) in [5.41, 5.74) is 0.970. The zero-order chi connectivity index (χ0) is 14.5. The first-order valence-electron chi connectivity index (χ1n) is 6.35. The van der Waals surface area contributed by atoms with Gasteiger partial charge in [-0.05, 0) is 18.2 Å². The lowest BCUT2D eigenvalue weighted by atomic mass is 10.2. The molecule has 2 rings (SSSR count). The molecule has 0 radical (unpaired) electrons. The number of aromatic nitrogens is 1. The molecule has 0 bridgehead atoms. The molecule has 2 aromatic rings. The lowest BCUT2D eigenvalue weighted by molar-refractivity contribution is 0.468. The predicted molar refractivity (Wildman–Crippen MR) is 82.7 cm³/mol. The Morgan fingerprint density at radius 3 is 2.75 bits per heavy atom. The molecule has 0 saturated carbocycles. The molecular formula is C15H16Cl2N2O. The van der Waals surface area contributed by atoms with E-state index in [1.807, 2.05) is 6.07 Å². The van der Waals surface area contributed by atoms with Crippen LogP contribution in [0.2, 0.25) is 10.0 Å². The van der Waals surface area contributed by atoms with Crippen molar-refractivity contribution in [2.75, 3.05) is 0 Å². The van der Waals surface area contributed by atoms with E-state index in [0.717, 1.165) is 11.3 Å². The number of ether oxygens (including phenoxy) is 1. The second-order valence-electron chi connectivity index (χ2n) is 4.70. The molecule has 1 heterocycles. The molecule has 0 saturated heterocycles. The highest BCUT2D eigenvalue weighted by Gasteiger charge is 2.09. The monoisotopic (exact) mass is 310 g/mol. The molecule has 0 fully saturated rings. The number of halogens is 2. The Bertz CT molecular complexity index is 588. The molecule has 1 aromatic carbocycles. The van der Waals surface area contributed by atoms with Gasteiger partial charge in [-0.15, -0.1) is 0 Å². The topological polar surface area (TPSA) is 34.2 Å². The molecule has 0 spiro atoms. The minimum Gasteiger partial charge on any atom is -0.455 e. The molecule has 0 aliphatic rings. The summed E-state index contributed by atoms with van der Waals surface area (Å²) < 4.78 is 5.86. The maximum absolute atomic E-state index is 6.11. The van der Waals surface area contributed by atoms with E-state index in [9.17, 15) is 0 Å². The van der Waals surface area contributed by atoms with E-state index in [4.69, 9.17) is 27.9 Å². The van der Waals surface area contributed by atoms with Crippen molar-refractivity contribution >= 4 is 23.2 Å². The van der Waals surface area contributed by atoms with Crippen LogP contribution < -0.4 is 10.1 Å². The van der Waals surface area contributed by atoms with Crippen molar-refractivity contribution < 1.29 is 4.74 Å². The van der Waals surface area contributed by atoms with Crippen LogP contribution in [-0.2, 0) is 6.54 Å². The van der Waals surface area contributed by atoms with Crippen LogP contribution >= 0.6 is 23.2 Å². The molecule has 0 aliphatic carbocycles. The third kappa shape index (κ3) is 4.10. The number of hydrogen-bond acceptors (Lipinski definition) is 3. The van der Waals surface area contributed by atoms with E-state index in [1.165, 1.54) is 0 Å². The van der Waals surface area contributed by atoms with E-state index >= 15 is 0 Å². The molecule has 20 heavy (non-hydrogen) atoms. The van der Waals surface area contributed by atoms with Crippen molar-refractivity contribution in [3.63, 3.8) is 0 Å². The molecule has 106 valence electrons. The van der Waals surface area contributed by atoms with Gasteiger partial charge in [-0.1, -0.05) is 37.0 Å². The summed E-state index contributed by atoms with van der Waals surface area (Å²) >= 11 is 12.1. The van der Waals surface area contributed by atoms with Gasteiger partial charge in [-0.25, -0.2) is 0 Å². The first-order chi connectivity index (χ1) is 9.56. The van der Waals surface area contributed by atoms with Gasteiger partial charge in [-0.2, -0.15) is 0 Å². The third-order valence-corrected chi connectivity index (χ3v) is 3.22. The number of hydrogen-bond donors (Lipinski definition) is 1. The quantitative estimate of drug-likeness (QED) is 0.870. The number of rotatable bonds is 5. The van der Waals surface area contributed by atoms with Crippen LogP contribution in [0.15, 0.2) is 36.7 Å². The van der Waals surface area contributed by atoms with Crippen LogP contribution in [-0.4, -0.2) is 11.0 Å². The summed E-state index contributed by atoms with van der Waals surface area (Å²) in [4.78, 5) is 4.13.